The fourth-order valence-electron chi connectivity index (χ4n) is 2.04. The van der Waals surface area contributed by atoms with Crippen molar-refractivity contribution in [3.05, 3.63) is 0 Å². The van der Waals surface area contributed by atoms with E-state index in [1.807, 2.05) is 0 Å². The van der Waals surface area contributed by atoms with Gasteiger partial charge in [0.15, 0.2) is 0 Å². The van der Waals surface area contributed by atoms with Gasteiger partial charge in [-0.25, -0.2) is 0 Å². The van der Waals surface area contributed by atoms with Crippen LogP contribution in [-0.4, -0.2) is 37.1 Å². The molecule has 0 aromatic rings. The van der Waals surface area contributed by atoms with E-state index in [1.165, 1.54) is 12.8 Å². The minimum absolute atomic E-state index is 0.245. The standard InChI is InChI=1S/C12H23N3/c1-10(2)15(3)8-7-14-12-6-4-5-11(12)9-13/h10-12,14H,4-8H2,1-3H3. The number of rotatable bonds is 5. The van der Waals surface area contributed by atoms with Crippen LogP contribution in [0.4, 0.5) is 0 Å². The molecule has 1 rings (SSSR count). The third-order valence-corrected chi connectivity index (χ3v) is 3.43. The minimum Gasteiger partial charge on any atom is -0.311 e. The normalized spacial score (nSPS) is 26.1. The molecule has 0 bridgehead atoms. The van der Waals surface area contributed by atoms with Crippen LogP contribution in [-0.2, 0) is 0 Å². The third kappa shape index (κ3) is 3.81. The number of nitrogens with one attached hydrogen (secondary N) is 1. The zero-order valence-electron chi connectivity index (χ0n) is 10.2. The van der Waals surface area contributed by atoms with Crippen LogP contribution < -0.4 is 5.32 Å². The van der Waals surface area contributed by atoms with Gasteiger partial charge in [0, 0.05) is 25.2 Å². The lowest BCUT2D eigenvalue weighted by molar-refractivity contribution is 0.266. The Bertz CT molecular complexity index is 219. The Hall–Kier alpha value is -0.590. The first-order valence-electron chi connectivity index (χ1n) is 5.98. The van der Waals surface area contributed by atoms with Gasteiger partial charge < -0.3 is 10.2 Å². The molecular formula is C12H23N3. The summed E-state index contributed by atoms with van der Waals surface area (Å²) in [6.45, 7) is 6.46. The molecule has 0 amide bonds. The van der Waals surface area contributed by atoms with Gasteiger partial charge in [-0.3, -0.25) is 0 Å². The summed E-state index contributed by atoms with van der Waals surface area (Å²) < 4.78 is 0. The van der Waals surface area contributed by atoms with E-state index in [4.69, 9.17) is 5.26 Å². The van der Waals surface area contributed by atoms with Gasteiger partial charge in [0.05, 0.1) is 12.0 Å². The van der Waals surface area contributed by atoms with Gasteiger partial charge in [0.2, 0.25) is 0 Å². The highest BCUT2D eigenvalue weighted by atomic mass is 15.1. The summed E-state index contributed by atoms with van der Waals surface area (Å²) >= 11 is 0. The maximum atomic E-state index is 8.93. The molecule has 0 radical (unpaired) electrons. The van der Waals surface area contributed by atoms with Crippen LogP contribution in [0.25, 0.3) is 0 Å². The predicted molar refractivity (Wildman–Crippen MR) is 62.5 cm³/mol. The average molecular weight is 209 g/mol. The summed E-state index contributed by atoms with van der Waals surface area (Å²) in [4.78, 5) is 2.32. The number of hydrogen-bond acceptors (Lipinski definition) is 3. The summed E-state index contributed by atoms with van der Waals surface area (Å²) in [5.74, 6) is 0.245. The fraction of sp³-hybridized carbons (Fsp3) is 0.917. The molecule has 0 aromatic heterocycles. The van der Waals surface area contributed by atoms with Crippen molar-refractivity contribution in [1.82, 2.24) is 10.2 Å². The summed E-state index contributed by atoms with van der Waals surface area (Å²) in [6, 6.07) is 3.44. The maximum Gasteiger partial charge on any atom is 0.0672 e. The lowest BCUT2D eigenvalue weighted by atomic mass is 10.1. The molecule has 15 heavy (non-hydrogen) atoms. The van der Waals surface area contributed by atoms with Gasteiger partial charge in [-0.05, 0) is 33.7 Å². The molecule has 0 spiro atoms. The highest BCUT2D eigenvalue weighted by Gasteiger charge is 2.26. The Kier molecular flexibility index (Phi) is 5.07. The molecule has 0 aliphatic heterocycles. The molecule has 3 nitrogen and oxygen atoms in total. The molecular weight excluding hydrogens is 186 g/mol. The van der Waals surface area contributed by atoms with E-state index in [1.54, 1.807) is 0 Å². The molecule has 86 valence electrons. The summed E-state index contributed by atoms with van der Waals surface area (Å²) in [6.07, 6.45) is 3.45. The van der Waals surface area contributed by atoms with E-state index in [-0.39, 0.29) is 5.92 Å². The van der Waals surface area contributed by atoms with Crippen LogP contribution in [0.15, 0.2) is 0 Å². The highest BCUT2D eigenvalue weighted by molar-refractivity contribution is 4.96. The Balaban J connectivity index is 2.17. The molecule has 1 fully saturated rings. The number of nitrogens with zero attached hydrogens (tertiary/aromatic N) is 2. The Morgan fingerprint density at radius 2 is 2.20 bits per heavy atom. The molecule has 0 saturated heterocycles. The average Bonchev–Trinajstić information content (AvgIpc) is 2.65. The first kappa shape index (κ1) is 12.5. The largest absolute Gasteiger partial charge is 0.311 e. The molecule has 2 atom stereocenters. The second-order valence-electron chi connectivity index (χ2n) is 4.80. The topological polar surface area (TPSA) is 39.1 Å². The lowest BCUT2D eigenvalue weighted by Crippen LogP contribution is -2.39. The van der Waals surface area contributed by atoms with Crippen LogP contribution >= 0.6 is 0 Å². The molecule has 3 heteroatoms. The van der Waals surface area contributed by atoms with Gasteiger partial charge in [-0.1, -0.05) is 6.42 Å². The highest BCUT2D eigenvalue weighted by Crippen LogP contribution is 2.24. The van der Waals surface area contributed by atoms with Crippen LogP contribution in [0.2, 0.25) is 0 Å². The van der Waals surface area contributed by atoms with Crippen LogP contribution in [0.5, 0.6) is 0 Å². The molecule has 1 aliphatic carbocycles. The van der Waals surface area contributed by atoms with Crippen molar-refractivity contribution in [2.45, 2.75) is 45.2 Å². The molecule has 1 N–H and O–H groups in total. The van der Waals surface area contributed by atoms with Crippen molar-refractivity contribution >= 4 is 0 Å². The van der Waals surface area contributed by atoms with Crippen LogP contribution in [0.3, 0.4) is 0 Å². The van der Waals surface area contributed by atoms with Gasteiger partial charge >= 0.3 is 0 Å². The fourth-order valence-corrected chi connectivity index (χ4v) is 2.04. The molecule has 1 aliphatic rings. The predicted octanol–water partition coefficient (Wildman–Crippen LogP) is 1.61. The monoisotopic (exact) mass is 209 g/mol. The van der Waals surface area contributed by atoms with Crippen molar-refractivity contribution in [3.8, 4) is 6.07 Å². The third-order valence-electron chi connectivity index (χ3n) is 3.43. The van der Waals surface area contributed by atoms with Gasteiger partial charge in [0.1, 0.15) is 0 Å². The summed E-state index contributed by atoms with van der Waals surface area (Å²) in [5.41, 5.74) is 0. The van der Waals surface area contributed by atoms with Crippen molar-refractivity contribution < 1.29 is 0 Å². The van der Waals surface area contributed by atoms with E-state index < -0.39 is 0 Å². The second kappa shape index (κ2) is 6.09. The molecule has 0 heterocycles. The van der Waals surface area contributed by atoms with Gasteiger partial charge in [-0.15, -0.1) is 0 Å². The molecule has 0 aromatic carbocycles. The first-order valence-corrected chi connectivity index (χ1v) is 5.98. The Labute approximate surface area is 93.5 Å². The molecule has 2 unspecified atom stereocenters. The van der Waals surface area contributed by atoms with E-state index in [2.05, 4.69) is 37.2 Å². The lowest BCUT2D eigenvalue weighted by Gasteiger charge is -2.23. The number of likely N-dealkylation sites (N-methyl/N-ethyl adjacent to an activating group) is 1. The van der Waals surface area contributed by atoms with Crippen molar-refractivity contribution in [2.75, 3.05) is 20.1 Å². The zero-order chi connectivity index (χ0) is 11.3. The van der Waals surface area contributed by atoms with E-state index in [0.717, 1.165) is 19.5 Å². The van der Waals surface area contributed by atoms with Gasteiger partial charge in [0.25, 0.3) is 0 Å². The van der Waals surface area contributed by atoms with Crippen molar-refractivity contribution in [2.24, 2.45) is 5.92 Å². The van der Waals surface area contributed by atoms with Crippen LogP contribution in [0, 0.1) is 17.2 Å². The van der Waals surface area contributed by atoms with Crippen molar-refractivity contribution in [1.29, 1.82) is 5.26 Å². The first-order chi connectivity index (χ1) is 7.15. The van der Waals surface area contributed by atoms with E-state index in [9.17, 15) is 0 Å². The maximum absolute atomic E-state index is 8.93. The smallest absolute Gasteiger partial charge is 0.0672 e. The Morgan fingerprint density at radius 1 is 1.47 bits per heavy atom. The van der Waals surface area contributed by atoms with E-state index >= 15 is 0 Å². The SMILES string of the molecule is CC(C)N(C)CCNC1CCCC1C#N. The number of hydrogen-bond donors (Lipinski definition) is 1. The zero-order valence-corrected chi connectivity index (χ0v) is 10.2. The quantitative estimate of drug-likeness (QED) is 0.747. The van der Waals surface area contributed by atoms with Gasteiger partial charge in [-0.2, -0.15) is 5.26 Å². The summed E-state index contributed by atoms with van der Waals surface area (Å²) in [7, 11) is 2.14. The van der Waals surface area contributed by atoms with Crippen molar-refractivity contribution in [3.63, 3.8) is 0 Å². The summed E-state index contributed by atoms with van der Waals surface area (Å²) in [5, 5.41) is 12.4. The molecule has 1 saturated carbocycles. The van der Waals surface area contributed by atoms with E-state index in [0.29, 0.717) is 12.1 Å². The second-order valence-corrected chi connectivity index (χ2v) is 4.80. The minimum atomic E-state index is 0.245. The Morgan fingerprint density at radius 3 is 2.80 bits per heavy atom. The van der Waals surface area contributed by atoms with Crippen LogP contribution in [0.1, 0.15) is 33.1 Å². The number of nitriles is 1.